The van der Waals surface area contributed by atoms with Gasteiger partial charge in [0.05, 0.1) is 23.3 Å². The van der Waals surface area contributed by atoms with Gasteiger partial charge in [-0.25, -0.2) is 4.98 Å². The van der Waals surface area contributed by atoms with Crippen LogP contribution >= 0.6 is 11.3 Å². The molecule has 0 saturated carbocycles. The number of carbonyl (C=O) groups excluding carboxylic acids is 1. The van der Waals surface area contributed by atoms with Gasteiger partial charge in [-0.15, -0.1) is 11.3 Å². The van der Waals surface area contributed by atoms with Gasteiger partial charge in [0, 0.05) is 4.88 Å². The molecule has 0 spiro atoms. The first-order valence-corrected chi connectivity index (χ1v) is 8.83. The number of amides is 1. The number of hydrogen-bond acceptors (Lipinski definition) is 4. The first kappa shape index (κ1) is 16.4. The molecule has 5 heteroatoms. The van der Waals surface area contributed by atoms with Gasteiger partial charge >= 0.3 is 0 Å². The second kappa shape index (κ2) is 7.90. The fourth-order valence-electron chi connectivity index (χ4n) is 2.98. The van der Waals surface area contributed by atoms with Crippen molar-refractivity contribution >= 4 is 17.2 Å². The monoisotopic (exact) mass is 309 g/mol. The minimum Gasteiger partial charge on any atom is -0.347 e. The van der Waals surface area contributed by atoms with Gasteiger partial charge in [0.25, 0.3) is 0 Å². The van der Waals surface area contributed by atoms with Crippen molar-refractivity contribution in [1.82, 2.24) is 15.2 Å². The highest BCUT2D eigenvalue weighted by Crippen LogP contribution is 2.22. The van der Waals surface area contributed by atoms with E-state index in [1.165, 1.54) is 37.0 Å². The van der Waals surface area contributed by atoms with Gasteiger partial charge in [-0.05, 0) is 46.7 Å². The zero-order chi connectivity index (χ0) is 15.2. The van der Waals surface area contributed by atoms with Gasteiger partial charge in [-0.1, -0.05) is 19.3 Å². The Morgan fingerprint density at radius 2 is 1.86 bits per heavy atom. The summed E-state index contributed by atoms with van der Waals surface area (Å²) in [5.74, 6) is 0.119. The Labute approximate surface area is 132 Å². The highest BCUT2D eigenvalue weighted by Gasteiger charge is 2.17. The molecule has 118 valence electrons. The number of nitrogens with one attached hydrogen (secondary N) is 1. The number of thiazole rings is 1. The maximum absolute atomic E-state index is 12.2. The Morgan fingerprint density at radius 1 is 1.24 bits per heavy atom. The average Bonchev–Trinajstić information content (AvgIpc) is 2.71. The highest BCUT2D eigenvalue weighted by molar-refractivity contribution is 7.11. The minimum atomic E-state index is -0.00259. The Hall–Kier alpha value is -0.940. The lowest BCUT2D eigenvalue weighted by Gasteiger charge is -2.24. The third-order valence-electron chi connectivity index (χ3n) is 4.04. The van der Waals surface area contributed by atoms with Crippen LogP contribution in [-0.4, -0.2) is 35.4 Å². The van der Waals surface area contributed by atoms with Crippen LogP contribution in [0.15, 0.2) is 0 Å². The third kappa shape index (κ3) is 5.08. The maximum Gasteiger partial charge on any atom is 0.234 e. The molecule has 1 aliphatic rings. The van der Waals surface area contributed by atoms with Crippen LogP contribution in [0.4, 0.5) is 0 Å². The zero-order valence-corrected chi connectivity index (χ0v) is 14.3. The summed E-state index contributed by atoms with van der Waals surface area (Å²) in [6.45, 7) is 8.73. The molecule has 1 unspecified atom stereocenters. The molecule has 1 fully saturated rings. The van der Waals surface area contributed by atoms with Crippen LogP contribution < -0.4 is 5.32 Å². The van der Waals surface area contributed by atoms with E-state index < -0.39 is 0 Å². The van der Waals surface area contributed by atoms with E-state index in [4.69, 9.17) is 0 Å². The summed E-state index contributed by atoms with van der Waals surface area (Å²) >= 11 is 1.69. The molecular formula is C16H27N3OS. The summed E-state index contributed by atoms with van der Waals surface area (Å²) < 4.78 is 0. The number of likely N-dealkylation sites (tertiary alicyclic amines) is 1. The molecule has 1 amide bonds. The number of nitrogens with zero attached hydrogens (tertiary/aromatic N) is 2. The quantitative estimate of drug-likeness (QED) is 0.929. The molecule has 1 aromatic heterocycles. The van der Waals surface area contributed by atoms with Crippen LogP contribution in [0.25, 0.3) is 0 Å². The number of hydrogen-bond donors (Lipinski definition) is 1. The van der Waals surface area contributed by atoms with Crippen LogP contribution in [-0.2, 0) is 4.79 Å². The number of aryl methyl sites for hydroxylation is 2. The molecular weight excluding hydrogens is 282 g/mol. The molecule has 0 aromatic carbocycles. The summed E-state index contributed by atoms with van der Waals surface area (Å²) in [5.41, 5.74) is 1.01. The van der Waals surface area contributed by atoms with Crippen molar-refractivity contribution in [2.24, 2.45) is 0 Å². The van der Waals surface area contributed by atoms with Crippen molar-refractivity contribution in [3.63, 3.8) is 0 Å². The fraction of sp³-hybridized carbons (Fsp3) is 0.750. The van der Waals surface area contributed by atoms with E-state index in [1.807, 2.05) is 13.8 Å². The van der Waals surface area contributed by atoms with E-state index in [0.29, 0.717) is 6.54 Å². The van der Waals surface area contributed by atoms with Crippen LogP contribution in [0.3, 0.4) is 0 Å². The molecule has 0 radical (unpaired) electrons. The van der Waals surface area contributed by atoms with E-state index in [0.717, 1.165) is 23.8 Å². The topological polar surface area (TPSA) is 45.2 Å². The summed E-state index contributed by atoms with van der Waals surface area (Å²) in [7, 11) is 0. The van der Waals surface area contributed by atoms with Crippen molar-refractivity contribution in [1.29, 1.82) is 0 Å². The molecule has 1 aromatic rings. The highest BCUT2D eigenvalue weighted by atomic mass is 32.1. The smallest absolute Gasteiger partial charge is 0.234 e. The zero-order valence-electron chi connectivity index (χ0n) is 13.4. The van der Waals surface area contributed by atoms with Crippen LogP contribution in [0.1, 0.15) is 60.6 Å². The molecule has 21 heavy (non-hydrogen) atoms. The van der Waals surface area contributed by atoms with Gasteiger partial charge in [-0.2, -0.15) is 0 Å². The van der Waals surface area contributed by atoms with Crippen molar-refractivity contribution in [3.05, 3.63) is 15.6 Å². The molecule has 0 bridgehead atoms. The number of rotatable bonds is 4. The summed E-state index contributed by atoms with van der Waals surface area (Å²) in [4.78, 5) is 20.3. The van der Waals surface area contributed by atoms with E-state index >= 15 is 0 Å². The Morgan fingerprint density at radius 3 is 2.43 bits per heavy atom. The van der Waals surface area contributed by atoms with Gasteiger partial charge in [0.15, 0.2) is 0 Å². The minimum absolute atomic E-state index is 0.00259. The molecule has 2 heterocycles. The predicted octanol–water partition coefficient (Wildman–Crippen LogP) is 3.20. The SMILES string of the molecule is Cc1nc(C(C)NC(=O)CN2CCCCCCC2)c(C)s1. The predicted molar refractivity (Wildman–Crippen MR) is 87.7 cm³/mol. The lowest BCUT2D eigenvalue weighted by molar-refractivity contribution is -0.123. The van der Waals surface area contributed by atoms with E-state index in [-0.39, 0.29) is 11.9 Å². The second-order valence-electron chi connectivity index (χ2n) is 6.01. The van der Waals surface area contributed by atoms with E-state index in [2.05, 4.69) is 22.1 Å². The first-order valence-electron chi connectivity index (χ1n) is 8.02. The molecule has 1 aliphatic heterocycles. The Bertz CT molecular complexity index is 464. The van der Waals surface area contributed by atoms with Crippen molar-refractivity contribution < 1.29 is 4.79 Å². The molecule has 1 atom stereocenters. The number of carbonyl (C=O) groups is 1. The molecule has 0 aliphatic carbocycles. The molecule has 1 N–H and O–H groups in total. The standard InChI is InChI=1S/C16H27N3OS/c1-12(16-13(2)21-14(3)18-16)17-15(20)11-19-9-7-5-4-6-8-10-19/h12H,4-11H2,1-3H3,(H,17,20). The van der Waals surface area contributed by atoms with E-state index in [9.17, 15) is 4.79 Å². The third-order valence-corrected chi connectivity index (χ3v) is 4.94. The van der Waals surface area contributed by atoms with Gasteiger partial charge in [0.1, 0.15) is 0 Å². The molecule has 4 nitrogen and oxygen atoms in total. The first-order chi connectivity index (χ1) is 10.1. The van der Waals surface area contributed by atoms with Crippen molar-refractivity contribution in [2.75, 3.05) is 19.6 Å². The lowest BCUT2D eigenvalue weighted by atomic mass is 10.1. The second-order valence-corrected chi connectivity index (χ2v) is 7.41. The average molecular weight is 309 g/mol. The van der Waals surface area contributed by atoms with Crippen LogP contribution in [0, 0.1) is 13.8 Å². The Balaban J connectivity index is 1.84. The normalized spacial score (nSPS) is 18.8. The van der Waals surface area contributed by atoms with Crippen molar-refractivity contribution in [2.45, 2.75) is 58.9 Å². The van der Waals surface area contributed by atoms with Crippen LogP contribution in [0.2, 0.25) is 0 Å². The molecule has 1 saturated heterocycles. The van der Waals surface area contributed by atoms with E-state index in [1.54, 1.807) is 11.3 Å². The van der Waals surface area contributed by atoms with Gasteiger partial charge < -0.3 is 5.32 Å². The lowest BCUT2D eigenvalue weighted by Crippen LogP contribution is -2.39. The van der Waals surface area contributed by atoms with Crippen LogP contribution in [0.5, 0.6) is 0 Å². The molecule has 2 rings (SSSR count). The van der Waals surface area contributed by atoms with Gasteiger partial charge in [0.2, 0.25) is 5.91 Å². The van der Waals surface area contributed by atoms with Gasteiger partial charge in [-0.3, -0.25) is 9.69 Å². The Kier molecular flexibility index (Phi) is 6.18. The largest absolute Gasteiger partial charge is 0.347 e. The van der Waals surface area contributed by atoms with Crippen molar-refractivity contribution in [3.8, 4) is 0 Å². The summed E-state index contributed by atoms with van der Waals surface area (Å²) in [6.07, 6.45) is 6.37. The summed E-state index contributed by atoms with van der Waals surface area (Å²) in [6, 6.07) is -0.00259. The maximum atomic E-state index is 12.2. The fourth-order valence-corrected chi connectivity index (χ4v) is 3.89. The number of aromatic nitrogens is 1. The summed E-state index contributed by atoms with van der Waals surface area (Å²) in [5, 5.41) is 4.16.